The molecule has 0 N–H and O–H groups in total. The van der Waals surface area contributed by atoms with Crippen molar-refractivity contribution >= 4 is 11.6 Å². The monoisotopic (exact) mass is 283 g/mol. The minimum absolute atomic E-state index is 0.233. The van der Waals surface area contributed by atoms with E-state index in [1.807, 2.05) is 6.07 Å². The summed E-state index contributed by atoms with van der Waals surface area (Å²) >= 11 is 0. The zero-order valence-electron chi connectivity index (χ0n) is 11.8. The van der Waals surface area contributed by atoms with Gasteiger partial charge in [-0.15, -0.1) is 0 Å². The van der Waals surface area contributed by atoms with Gasteiger partial charge in [0.1, 0.15) is 17.3 Å². The third-order valence-electron chi connectivity index (χ3n) is 3.02. The summed E-state index contributed by atoms with van der Waals surface area (Å²) in [6.07, 6.45) is 1.59. The minimum Gasteiger partial charge on any atom is -0.497 e. The van der Waals surface area contributed by atoms with Crippen LogP contribution in [0.25, 0.3) is 11.6 Å². The predicted octanol–water partition coefficient (Wildman–Crippen LogP) is 3.91. The van der Waals surface area contributed by atoms with Gasteiger partial charge in [-0.2, -0.15) is 5.26 Å². The number of hydrogen-bond acceptors (Lipinski definition) is 3. The molecule has 0 fully saturated rings. The van der Waals surface area contributed by atoms with E-state index in [1.165, 1.54) is 13.2 Å². The fraction of sp³-hybridized carbons (Fsp3) is 0.118. The first-order valence-electron chi connectivity index (χ1n) is 6.28. The van der Waals surface area contributed by atoms with Crippen molar-refractivity contribution < 1.29 is 13.9 Å². The Labute approximate surface area is 122 Å². The van der Waals surface area contributed by atoms with Gasteiger partial charge in [-0.25, -0.2) is 4.39 Å². The molecule has 4 heteroatoms. The largest absolute Gasteiger partial charge is 0.497 e. The van der Waals surface area contributed by atoms with Crippen molar-refractivity contribution in [2.75, 3.05) is 14.2 Å². The molecule has 21 heavy (non-hydrogen) atoms. The van der Waals surface area contributed by atoms with Crippen LogP contribution in [0.2, 0.25) is 0 Å². The van der Waals surface area contributed by atoms with Crippen molar-refractivity contribution in [2.45, 2.75) is 0 Å². The highest BCUT2D eigenvalue weighted by Crippen LogP contribution is 2.29. The first-order chi connectivity index (χ1) is 10.2. The average molecular weight is 283 g/mol. The van der Waals surface area contributed by atoms with Crippen molar-refractivity contribution in [1.82, 2.24) is 0 Å². The molecule has 0 heterocycles. The van der Waals surface area contributed by atoms with Gasteiger partial charge in [0.05, 0.1) is 25.9 Å². The van der Waals surface area contributed by atoms with Crippen LogP contribution in [-0.2, 0) is 0 Å². The number of allylic oxidation sites excluding steroid dienone is 1. The maximum atomic E-state index is 13.8. The quantitative estimate of drug-likeness (QED) is 0.631. The molecule has 0 aromatic heterocycles. The summed E-state index contributed by atoms with van der Waals surface area (Å²) in [7, 11) is 3.09. The Balaban J connectivity index is 2.51. The molecule has 0 aliphatic heterocycles. The Hall–Kier alpha value is -2.80. The average Bonchev–Trinajstić information content (AvgIpc) is 2.53. The van der Waals surface area contributed by atoms with Crippen molar-refractivity contribution in [3.63, 3.8) is 0 Å². The Morgan fingerprint density at radius 2 is 1.90 bits per heavy atom. The Morgan fingerprint density at radius 3 is 2.52 bits per heavy atom. The lowest BCUT2D eigenvalue weighted by molar-refractivity contribution is 0.394. The van der Waals surface area contributed by atoms with E-state index >= 15 is 0 Å². The zero-order chi connectivity index (χ0) is 15.2. The highest BCUT2D eigenvalue weighted by molar-refractivity contribution is 5.90. The first-order valence-corrected chi connectivity index (χ1v) is 6.28. The Kier molecular flexibility index (Phi) is 4.57. The summed E-state index contributed by atoms with van der Waals surface area (Å²) < 4.78 is 24.2. The lowest BCUT2D eigenvalue weighted by Gasteiger charge is -2.08. The third kappa shape index (κ3) is 3.21. The second-order valence-corrected chi connectivity index (χ2v) is 4.26. The Morgan fingerprint density at radius 1 is 1.14 bits per heavy atom. The number of nitriles is 1. The number of ether oxygens (including phenoxy) is 2. The number of halogens is 1. The zero-order valence-corrected chi connectivity index (χ0v) is 11.8. The van der Waals surface area contributed by atoms with Crippen molar-refractivity contribution in [3.05, 3.63) is 59.4 Å². The Bertz CT molecular complexity index is 717. The van der Waals surface area contributed by atoms with Crippen molar-refractivity contribution in [2.24, 2.45) is 0 Å². The van der Waals surface area contributed by atoms with Crippen LogP contribution < -0.4 is 9.47 Å². The second-order valence-electron chi connectivity index (χ2n) is 4.26. The van der Waals surface area contributed by atoms with E-state index in [9.17, 15) is 9.65 Å². The topological polar surface area (TPSA) is 42.2 Å². The molecular formula is C17H14FNO2. The van der Waals surface area contributed by atoms with Gasteiger partial charge in [-0.05, 0) is 24.3 Å². The maximum absolute atomic E-state index is 13.8. The molecule has 0 saturated heterocycles. The molecule has 0 atom stereocenters. The van der Waals surface area contributed by atoms with Gasteiger partial charge in [0.2, 0.25) is 0 Å². The second kappa shape index (κ2) is 6.58. The summed E-state index contributed by atoms with van der Waals surface area (Å²) in [5.41, 5.74) is 1.17. The van der Waals surface area contributed by atoms with Crippen LogP contribution >= 0.6 is 0 Å². The molecule has 0 bridgehead atoms. The van der Waals surface area contributed by atoms with E-state index in [0.29, 0.717) is 17.1 Å². The van der Waals surface area contributed by atoms with E-state index < -0.39 is 5.82 Å². The highest BCUT2D eigenvalue weighted by Gasteiger charge is 2.09. The number of methoxy groups -OCH3 is 2. The first kappa shape index (κ1) is 14.6. The van der Waals surface area contributed by atoms with Crippen LogP contribution in [-0.4, -0.2) is 14.2 Å². The molecular weight excluding hydrogens is 269 g/mol. The molecule has 0 radical (unpaired) electrons. The van der Waals surface area contributed by atoms with Crippen LogP contribution in [0.1, 0.15) is 11.1 Å². The van der Waals surface area contributed by atoms with Gasteiger partial charge in [-0.1, -0.05) is 18.2 Å². The molecule has 2 rings (SSSR count). The minimum atomic E-state index is -0.433. The summed E-state index contributed by atoms with van der Waals surface area (Å²) in [5, 5.41) is 9.28. The summed E-state index contributed by atoms with van der Waals surface area (Å²) in [5.74, 6) is 0.768. The van der Waals surface area contributed by atoms with Gasteiger partial charge < -0.3 is 9.47 Å². The van der Waals surface area contributed by atoms with Gasteiger partial charge in [0.15, 0.2) is 0 Å². The third-order valence-corrected chi connectivity index (χ3v) is 3.02. The molecule has 0 aliphatic rings. The lowest BCUT2D eigenvalue weighted by atomic mass is 10.0. The smallest absolute Gasteiger partial charge is 0.131 e. The number of nitrogens with zero attached hydrogens (tertiary/aromatic N) is 1. The molecule has 0 amide bonds. The molecule has 3 nitrogen and oxygen atoms in total. The summed E-state index contributed by atoms with van der Waals surface area (Å²) in [6, 6.07) is 13.4. The molecule has 0 unspecified atom stereocenters. The summed E-state index contributed by atoms with van der Waals surface area (Å²) in [4.78, 5) is 0. The van der Waals surface area contributed by atoms with E-state index in [0.717, 1.165) is 0 Å². The van der Waals surface area contributed by atoms with Crippen molar-refractivity contribution in [3.8, 4) is 17.6 Å². The molecule has 0 aliphatic carbocycles. The van der Waals surface area contributed by atoms with Gasteiger partial charge in [0.25, 0.3) is 0 Å². The molecule has 0 saturated carbocycles. The van der Waals surface area contributed by atoms with Crippen molar-refractivity contribution in [1.29, 1.82) is 5.26 Å². The van der Waals surface area contributed by atoms with Crippen LogP contribution in [0.4, 0.5) is 4.39 Å². The van der Waals surface area contributed by atoms with E-state index in [4.69, 9.17) is 9.47 Å². The number of hydrogen-bond donors (Lipinski definition) is 0. The summed E-state index contributed by atoms with van der Waals surface area (Å²) in [6.45, 7) is 0. The SMILES string of the molecule is COc1ccc(/C=C(\C#N)c2ccccc2F)c(OC)c1. The molecule has 2 aromatic carbocycles. The van der Waals surface area contributed by atoms with Gasteiger partial charge in [-0.3, -0.25) is 0 Å². The van der Waals surface area contributed by atoms with Crippen LogP contribution in [0.15, 0.2) is 42.5 Å². The highest BCUT2D eigenvalue weighted by atomic mass is 19.1. The lowest BCUT2D eigenvalue weighted by Crippen LogP contribution is -1.91. The number of benzene rings is 2. The van der Waals surface area contributed by atoms with Crippen LogP contribution in [0.3, 0.4) is 0 Å². The number of rotatable bonds is 4. The molecule has 0 spiro atoms. The van der Waals surface area contributed by atoms with Gasteiger partial charge in [0, 0.05) is 17.2 Å². The standard InChI is InChI=1S/C17H14FNO2/c1-20-14-8-7-12(17(10-14)21-2)9-13(11-19)15-5-3-4-6-16(15)18/h3-10H,1-2H3/b13-9+. The normalized spacial score (nSPS) is 10.9. The van der Waals surface area contributed by atoms with Crippen LogP contribution in [0, 0.1) is 17.1 Å². The molecule has 2 aromatic rings. The predicted molar refractivity (Wildman–Crippen MR) is 79.4 cm³/mol. The van der Waals surface area contributed by atoms with E-state index in [2.05, 4.69) is 0 Å². The van der Waals surface area contributed by atoms with E-state index in [1.54, 1.807) is 49.6 Å². The maximum Gasteiger partial charge on any atom is 0.131 e. The van der Waals surface area contributed by atoms with E-state index in [-0.39, 0.29) is 11.1 Å². The van der Waals surface area contributed by atoms with Crippen LogP contribution in [0.5, 0.6) is 11.5 Å². The fourth-order valence-corrected chi connectivity index (χ4v) is 1.94. The fourth-order valence-electron chi connectivity index (χ4n) is 1.94. The molecule has 106 valence electrons. The van der Waals surface area contributed by atoms with Gasteiger partial charge >= 0.3 is 0 Å².